The number of carbonyl (C=O) groups excluding carboxylic acids is 2. The summed E-state index contributed by atoms with van der Waals surface area (Å²) in [5.41, 5.74) is -0.295. The van der Waals surface area contributed by atoms with E-state index in [4.69, 9.17) is 14.2 Å². The highest BCUT2D eigenvalue weighted by atomic mass is 16.5. The number of aliphatic hydroxyl groups excluding tert-OH is 1. The van der Waals surface area contributed by atoms with E-state index in [1.54, 1.807) is 32.9 Å². The summed E-state index contributed by atoms with van der Waals surface area (Å²) in [6.07, 6.45) is 0. The molecular weight excluding hydrogens is 302 g/mol. The van der Waals surface area contributed by atoms with Gasteiger partial charge in [0.15, 0.2) is 18.1 Å². The SMILES string of the molecule is CCOC(=O)C(C)(C)N1C(=O)COc2c(OC)cc(CO)cc21. The van der Waals surface area contributed by atoms with Gasteiger partial charge >= 0.3 is 5.97 Å². The maximum Gasteiger partial charge on any atom is 0.331 e. The van der Waals surface area contributed by atoms with E-state index in [9.17, 15) is 14.7 Å². The van der Waals surface area contributed by atoms with Crippen molar-refractivity contribution in [2.75, 3.05) is 25.2 Å². The molecule has 7 heteroatoms. The predicted octanol–water partition coefficient (Wildman–Crippen LogP) is 1.25. The molecule has 1 aromatic rings. The molecule has 0 saturated heterocycles. The van der Waals surface area contributed by atoms with Crippen LogP contribution in [-0.4, -0.2) is 42.8 Å². The average Bonchev–Trinajstić information content (AvgIpc) is 2.53. The van der Waals surface area contributed by atoms with E-state index in [0.29, 0.717) is 22.7 Å². The molecule has 2 rings (SSSR count). The summed E-state index contributed by atoms with van der Waals surface area (Å²) >= 11 is 0. The number of esters is 1. The normalized spacial score (nSPS) is 14.1. The Morgan fingerprint density at radius 2 is 2.13 bits per heavy atom. The lowest BCUT2D eigenvalue weighted by Crippen LogP contribution is -2.57. The summed E-state index contributed by atoms with van der Waals surface area (Å²) in [6, 6.07) is 3.24. The molecule has 1 N–H and O–H groups in total. The van der Waals surface area contributed by atoms with Gasteiger partial charge in [0.1, 0.15) is 5.54 Å². The molecule has 1 amide bonds. The second-order valence-corrected chi connectivity index (χ2v) is 5.60. The Bertz CT molecular complexity index is 625. The Hall–Kier alpha value is -2.28. The van der Waals surface area contributed by atoms with Crippen molar-refractivity contribution in [2.45, 2.75) is 32.9 Å². The van der Waals surface area contributed by atoms with Gasteiger partial charge in [-0.15, -0.1) is 0 Å². The predicted molar refractivity (Wildman–Crippen MR) is 82.6 cm³/mol. The largest absolute Gasteiger partial charge is 0.493 e. The van der Waals surface area contributed by atoms with Crippen LogP contribution in [0, 0.1) is 0 Å². The summed E-state index contributed by atoms with van der Waals surface area (Å²) in [4.78, 5) is 26.0. The zero-order chi connectivity index (χ0) is 17.2. The van der Waals surface area contributed by atoms with E-state index in [1.165, 1.54) is 12.0 Å². The third kappa shape index (κ3) is 2.96. The molecule has 0 fully saturated rings. The molecule has 1 heterocycles. The van der Waals surface area contributed by atoms with E-state index in [1.807, 2.05) is 0 Å². The van der Waals surface area contributed by atoms with Gasteiger partial charge in [0.25, 0.3) is 5.91 Å². The molecule has 0 aliphatic carbocycles. The fraction of sp³-hybridized carbons (Fsp3) is 0.500. The van der Waals surface area contributed by atoms with Gasteiger partial charge in [-0.1, -0.05) is 0 Å². The minimum Gasteiger partial charge on any atom is -0.493 e. The number of hydrogen-bond acceptors (Lipinski definition) is 6. The van der Waals surface area contributed by atoms with Crippen LogP contribution in [0.25, 0.3) is 0 Å². The Kier molecular flexibility index (Phi) is 4.79. The van der Waals surface area contributed by atoms with Gasteiger partial charge in [0.2, 0.25) is 0 Å². The van der Waals surface area contributed by atoms with Crippen LogP contribution in [0.4, 0.5) is 5.69 Å². The molecule has 1 aromatic carbocycles. The number of methoxy groups -OCH3 is 1. The van der Waals surface area contributed by atoms with E-state index >= 15 is 0 Å². The number of anilines is 1. The number of hydrogen-bond donors (Lipinski definition) is 1. The van der Waals surface area contributed by atoms with Crippen molar-refractivity contribution >= 4 is 17.6 Å². The first kappa shape index (κ1) is 17.1. The van der Waals surface area contributed by atoms with Crippen LogP contribution in [-0.2, 0) is 20.9 Å². The molecule has 1 aliphatic heterocycles. The minimum absolute atomic E-state index is 0.204. The molecule has 7 nitrogen and oxygen atoms in total. The molecule has 0 aromatic heterocycles. The van der Waals surface area contributed by atoms with Crippen LogP contribution in [0.3, 0.4) is 0 Å². The molecule has 0 spiro atoms. The quantitative estimate of drug-likeness (QED) is 0.821. The van der Waals surface area contributed by atoms with Crippen molar-refractivity contribution < 1.29 is 28.9 Å². The zero-order valence-electron chi connectivity index (χ0n) is 13.7. The molecule has 0 bridgehead atoms. The van der Waals surface area contributed by atoms with Crippen LogP contribution in [0.2, 0.25) is 0 Å². The molecule has 1 aliphatic rings. The van der Waals surface area contributed by atoms with E-state index < -0.39 is 11.5 Å². The van der Waals surface area contributed by atoms with Gasteiger partial charge < -0.3 is 19.3 Å². The molecule has 126 valence electrons. The number of aliphatic hydroxyl groups is 1. The Morgan fingerprint density at radius 1 is 1.43 bits per heavy atom. The van der Waals surface area contributed by atoms with Crippen molar-refractivity contribution in [3.8, 4) is 11.5 Å². The van der Waals surface area contributed by atoms with Crippen molar-refractivity contribution in [3.63, 3.8) is 0 Å². The molecule has 0 atom stereocenters. The third-order valence-electron chi connectivity index (χ3n) is 3.66. The Balaban J connectivity index is 2.59. The number of ether oxygens (including phenoxy) is 3. The lowest BCUT2D eigenvalue weighted by Gasteiger charge is -2.40. The molecule has 0 unspecified atom stereocenters. The highest BCUT2D eigenvalue weighted by molar-refractivity contribution is 6.05. The first-order valence-electron chi connectivity index (χ1n) is 7.31. The standard InChI is InChI=1S/C16H21NO6/c1-5-22-15(20)16(2,3)17-11-6-10(8-18)7-12(21-4)14(11)23-9-13(17)19/h6-7,18H,5,8-9H2,1-4H3. The topological polar surface area (TPSA) is 85.3 Å². The number of benzene rings is 1. The third-order valence-corrected chi connectivity index (χ3v) is 3.66. The van der Waals surface area contributed by atoms with Crippen LogP contribution in [0.5, 0.6) is 11.5 Å². The van der Waals surface area contributed by atoms with Gasteiger partial charge in [0.05, 0.1) is 26.0 Å². The van der Waals surface area contributed by atoms with Gasteiger partial charge in [-0.3, -0.25) is 9.69 Å². The number of rotatable bonds is 5. The zero-order valence-corrected chi connectivity index (χ0v) is 13.7. The summed E-state index contributed by atoms with van der Waals surface area (Å²) < 4.78 is 15.8. The number of carbonyl (C=O) groups is 2. The summed E-state index contributed by atoms with van der Waals surface area (Å²) in [5, 5.41) is 9.42. The molecule has 0 radical (unpaired) electrons. The highest BCUT2D eigenvalue weighted by Gasteiger charge is 2.44. The number of fused-ring (bicyclic) bond motifs is 1. The highest BCUT2D eigenvalue weighted by Crippen LogP contribution is 2.44. The number of amides is 1. The van der Waals surface area contributed by atoms with Crippen LogP contribution in [0.15, 0.2) is 12.1 Å². The first-order valence-corrected chi connectivity index (χ1v) is 7.31. The van der Waals surface area contributed by atoms with Gasteiger partial charge in [-0.2, -0.15) is 0 Å². The van der Waals surface area contributed by atoms with Gasteiger partial charge in [-0.25, -0.2) is 4.79 Å². The number of nitrogens with zero attached hydrogens (tertiary/aromatic N) is 1. The fourth-order valence-corrected chi connectivity index (χ4v) is 2.54. The molecule has 23 heavy (non-hydrogen) atoms. The van der Waals surface area contributed by atoms with E-state index in [2.05, 4.69) is 0 Å². The minimum atomic E-state index is -1.22. The lowest BCUT2D eigenvalue weighted by atomic mass is 9.99. The summed E-state index contributed by atoms with van der Waals surface area (Å²) in [5.74, 6) is -0.132. The lowest BCUT2D eigenvalue weighted by molar-refractivity contribution is -0.150. The second-order valence-electron chi connectivity index (χ2n) is 5.60. The van der Waals surface area contributed by atoms with Crippen molar-refractivity contribution in [1.82, 2.24) is 0 Å². The van der Waals surface area contributed by atoms with E-state index in [0.717, 1.165) is 0 Å². The Labute approximate surface area is 134 Å². The first-order chi connectivity index (χ1) is 10.9. The average molecular weight is 323 g/mol. The Morgan fingerprint density at radius 3 is 2.70 bits per heavy atom. The van der Waals surface area contributed by atoms with Crippen LogP contribution < -0.4 is 14.4 Å². The van der Waals surface area contributed by atoms with Crippen molar-refractivity contribution in [3.05, 3.63) is 17.7 Å². The van der Waals surface area contributed by atoms with E-state index in [-0.39, 0.29) is 25.7 Å². The fourth-order valence-electron chi connectivity index (χ4n) is 2.54. The second kappa shape index (κ2) is 6.45. The molecule has 0 saturated carbocycles. The van der Waals surface area contributed by atoms with Gasteiger partial charge in [-0.05, 0) is 38.5 Å². The summed E-state index contributed by atoms with van der Waals surface area (Å²) in [7, 11) is 1.47. The molecular formula is C16H21NO6. The van der Waals surface area contributed by atoms with Gasteiger partial charge in [0, 0.05) is 0 Å². The smallest absolute Gasteiger partial charge is 0.331 e. The maximum atomic E-state index is 12.4. The van der Waals surface area contributed by atoms with Crippen molar-refractivity contribution in [1.29, 1.82) is 0 Å². The van der Waals surface area contributed by atoms with Crippen molar-refractivity contribution in [2.24, 2.45) is 0 Å². The monoisotopic (exact) mass is 323 g/mol. The maximum absolute atomic E-state index is 12.4. The van der Waals surface area contributed by atoms with Crippen LogP contribution in [0.1, 0.15) is 26.3 Å². The van der Waals surface area contributed by atoms with Crippen LogP contribution >= 0.6 is 0 Å². The summed E-state index contributed by atoms with van der Waals surface area (Å²) in [6.45, 7) is 4.70.